The van der Waals surface area contributed by atoms with Crippen LogP contribution in [0.15, 0.2) is 18.2 Å². The molecule has 1 aromatic rings. The lowest BCUT2D eigenvalue weighted by Gasteiger charge is -2.19. The fraction of sp³-hybridized carbons (Fsp3) is 0.611. The Bertz CT molecular complexity index is 550. The molecule has 2 rings (SSSR count). The first-order valence-electron chi connectivity index (χ1n) is 8.58. The van der Waals surface area contributed by atoms with Crippen LogP contribution in [0.5, 0.6) is 11.5 Å². The molecular weight excluding hydrogens is 308 g/mol. The molecule has 0 spiro atoms. The number of likely N-dealkylation sites (tertiary alicyclic amines) is 1. The Labute approximate surface area is 144 Å². The summed E-state index contributed by atoms with van der Waals surface area (Å²) in [6.45, 7) is 9.59. The molecule has 0 radical (unpaired) electrons. The first-order valence-corrected chi connectivity index (χ1v) is 8.58. The summed E-state index contributed by atoms with van der Waals surface area (Å²) in [5.41, 5.74) is 0.562. The second kappa shape index (κ2) is 8.89. The number of amides is 1. The maximum atomic E-state index is 12.6. The van der Waals surface area contributed by atoms with Crippen LogP contribution < -0.4 is 14.8 Å². The van der Waals surface area contributed by atoms with Crippen molar-refractivity contribution in [1.29, 1.82) is 0 Å². The van der Waals surface area contributed by atoms with Crippen molar-refractivity contribution >= 4 is 5.91 Å². The minimum atomic E-state index is -0.121. The molecule has 6 nitrogen and oxygen atoms in total. The van der Waals surface area contributed by atoms with Crippen molar-refractivity contribution < 1.29 is 19.0 Å². The van der Waals surface area contributed by atoms with Crippen LogP contribution in [0, 0.1) is 0 Å². The lowest BCUT2D eigenvalue weighted by atomic mass is 10.1. The molecule has 0 unspecified atom stereocenters. The van der Waals surface area contributed by atoms with Gasteiger partial charge in [0, 0.05) is 25.8 Å². The summed E-state index contributed by atoms with van der Waals surface area (Å²) in [5.74, 6) is 1.13. The summed E-state index contributed by atoms with van der Waals surface area (Å²) in [7, 11) is 1.69. The summed E-state index contributed by atoms with van der Waals surface area (Å²) in [4.78, 5) is 14.9. The molecule has 0 aliphatic carbocycles. The van der Waals surface area contributed by atoms with Gasteiger partial charge in [0.2, 0.25) is 0 Å². The third kappa shape index (κ3) is 4.39. The van der Waals surface area contributed by atoms with Crippen LogP contribution in [0.4, 0.5) is 0 Å². The van der Waals surface area contributed by atoms with Crippen molar-refractivity contribution in [3.63, 3.8) is 0 Å². The van der Waals surface area contributed by atoms with Crippen molar-refractivity contribution in [3.8, 4) is 11.5 Å². The Morgan fingerprint density at radius 1 is 1.17 bits per heavy atom. The zero-order chi connectivity index (χ0) is 17.5. The number of methoxy groups -OCH3 is 1. The Balaban J connectivity index is 2.10. The second-order valence-corrected chi connectivity index (χ2v) is 5.73. The molecule has 1 aliphatic heterocycles. The van der Waals surface area contributed by atoms with E-state index in [0.717, 1.165) is 19.6 Å². The van der Waals surface area contributed by atoms with E-state index in [9.17, 15) is 4.79 Å². The molecular formula is C18H28N2O4. The minimum absolute atomic E-state index is 0.00966. The van der Waals surface area contributed by atoms with Crippen LogP contribution >= 0.6 is 0 Å². The van der Waals surface area contributed by atoms with Crippen molar-refractivity contribution in [1.82, 2.24) is 10.2 Å². The normalized spacial score (nSPS) is 20.8. The summed E-state index contributed by atoms with van der Waals surface area (Å²) in [6, 6.07) is 5.27. The Morgan fingerprint density at radius 3 is 2.50 bits per heavy atom. The maximum Gasteiger partial charge on any atom is 0.251 e. The number of carbonyl (C=O) groups excluding carboxylic acids is 1. The lowest BCUT2D eigenvalue weighted by molar-refractivity contribution is 0.0762. The van der Waals surface area contributed by atoms with Gasteiger partial charge >= 0.3 is 0 Å². The first-order chi connectivity index (χ1) is 11.6. The molecule has 6 heteroatoms. The molecule has 0 aromatic heterocycles. The second-order valence-electron chi connectivity index (χ2n) is 5.73. The molecule has 1 aromatic carbocycles. The quantitative estimate of drug-likeness (QED) is 0.786. The van der Waals surface area contributed by atoms with E-state index < -0.39 is 0 Å². The van der Waals surface area contributed by atoms with Gasteiger partial charge < -0.3 is 19.5 Å². The SMILES string of the molecule is CCOc1ccc(C(=O)N[C@@H]2CN(CC)C[C@H]2OC)cc1OCC. The van der Waals surface area contributed by atoms with Gasteiger partial charge in [-0.1, -0.05) is 6.92 Å². The molecule has 1 fully saturated rings. The number of likely N-dealkylation sites (N-methyl/N-ethyl adjacent to an activating group) is 1. The Hall–Kier alpha value is -1.79. The van der Waals surface area contributed by atoms with Gasteiger partial charge in [-0.3, -0.25) is 9.69 Å². The average Bonchev–Trinajstić information content (AvgIpc) is 2.98. The fourth-order valence-electron chi connectivity index (χ4n) is 2.93. The predicted octanol–water partition coefficient (Wildman–Crippen LogP) is 1.93. The highest BCUT2D eigenvalue weighted by Crippen LogP contribution is 2.28. The molecule has 134 valence electrons. The van der Waals surface area contributed by atoms with Crippen molar-refractivity contribution in [2.24, 2.45) is 0 Å². The molecule has 0 bridgehead atoms. The van der Waals surface area contributed by atoms with Crippen LogP contribution in [-0.2, 0) is 4.74 Å². The van der Waals surface area contributed by atoms with Gasteiger partial charge in [-0.2, -0.15) is 0 Å². The van der Waals surface area contributed by atoms with E-state index in [4.69, 9.17) is 14.2 Å². The Kier molecular flexibility index (Phi) is 6.87. The number of ether oxygens (including phenoxy) is 3. The topological polar surface area (TPSA) is 60.0 Å². The first kappa shape index (κ1) is 18.5. The van der Waals surface area contributed by atoms with Crippen molar-refractivity contribution in [3.05, 3.63) is 23.8 Å². The predicted molar refractivity (Wildman–Crippen MR) is 92.9 cm³/mol. The van der Waals surface area contributed by atoms with Crippen LogP contribution in [0.3, 0.4) is 0 Å². The molecule has 1 heterocycles. The summed E-state index contributed by atoms with van der Waals surface area (Å²) < 4.78 is 16.6. The zero-order valence-corrected chi connectivity index (χ0v) is 15.0. The number of carbonyl (C=O) groups is 1. The van der Waals surface area contributed by atoms with Gasteiger partial charge in [-0.05, 0) is 38.6 Å². The monoisotopic (exact) mass is 336 g/mol. The molecule has 1 aliphatic rings. The highest BCUT2D eigenvalue weighted by Gasteiger charge is 2.33. The van der Waals surface area contributed by atoms with Gasteiger partial charge in [-0.15, -0.1) is 0 Å². The maximum absolute atomic E-state index is 12.6. The number of nitrogens with zero attached hydrogens (tertiary/aromatic N) is 1. The lowest BCUT2D eigenvalue weighted by Crippen LogP contribution is -2.43. The zero-order valence-electron chi connectivity index (χ0n) is 15.0. The highest BCUT2D eigenvalue weighted by molar-refractivity contribution is 5.95. The van der Waals surface area contributed by atoms with Gasteiger partial charge in [0.15, 0.2) is 11.5 Å². The third-order valence-electron chi connectivity index (χ3n) is 4.21. The number of benzene rings is 1. The number of hydrogen-bond acceptors (Lipinski definition) is 5. The van der Waals surface area contributed by atoms with E-state index in [-0.39, 0.29) is 18.1 Å². The van der Waals surface area contributed by atoms with Gasteiger partial charge in [0.05, 0.1) is 25.4 Å². The van der Waals surface area contributed by atoms with E-state index in [1.54, 1.807) is 25.3 Å². The van der Waals surface area contributed by atoms with Crippen molar-refractivity contribution in [2.75, 3.05) is 40.0 Å². The molecule has 24 heavy (non-hydrogen) atoms. The minimum Gasteiger partial charge on any atom is -0.490 e. The summed E-state index contributed by atoms with van der Waals surface area (Å²) in [5, 5.41) is 3.08. The molecule has 2 atom stereocenters. The highest BCUT2D eigenvalue weighted by atomic mass is 16.5. The summed E-state index contributed by atoms with van der Waals surface area (Å²) in [6.07, 6.45) is 0.0166. The van der Waals surface area contributed by atoms with Crippen LogP contribution in [0.2, 0.25) is 0 Å². The van der Waals surface area contributed by atoms with Crippen LogP contribution in [-0.4, -0.2) is 62.9 Å². The number of hydrogen-bond donors (Lipinski definition) is 1. The van der Waals surface area contributed by atoms with E-state index >= 15 is 0 Å². The summed E-state index contributed by atoms with van der Waals surface area (Å²) >= 11 is 0. The van der Waals surface area contributed by atoms with E-state index in [0.29, 0.717) is 30.3 Å². The van der Waals surface area contributed by atoms with Gasteiger partial charge in [0.1, 0.15) is 0 Å². The molecule has 1 amide bonds. The fourth-order valence-corrected chi connectivity index (χ4v) is 2.93. The number of nitrogens with one attached hydrogen (secondary N) is 1. The standard InChI is InChI=1S/C18H28N2O4/c1-5-20-11-14(17(12-20)22-4)19-18(21)13-8-9-15(23-6-2)16(10-13)24-7-3/h8-10,14,17H,5-7,11-12H2,1-4H3,(H,19,21)/t14-,17-/m1/s1. The van der Waals surface area contributed by atoms with Gasteiger partial charge in [0.25, 0.3) is 5.91 Å². The van der Waals surface area contributed by atoms with E-state index in [1.807, 2.05) is 13.8 Å². The average molecular weight is 336 g/mol. The smallest absolute Gasteiger partial charge is 0.251 e. The number of rotatable bonds is 8. The molecule has 1 saturated heterocycles. The van der Waals surface area contributed by atoms with Crippen molar-refractivity contribution in [2.45, 2.75) is 32.9 Å². The van der Waals surface area contributed by atoms with E-state index in [2.05, 4.69) is 17.1 Å². The largest absolute Gasteiger partial charge is 0.490 e. The van der Waals surface area contributed by atoms with Crippen LogP contribution in [0.25, 0.3) is 0 Å². The Morgan fingerprint density at radius 2 is 1.88 bits per heavy atom. The molecule has 1 N–H and O–H groups in total. The van der Waals surface area contributed by atoms with Crippen LogP contribution in [0.1, 0.15) is 31.1 Å². The third-order valence-corrected chi connectivity index (χ3v) is 4.21. The van der Waals surface area contributed by atoms with E-state index in [1.165, 1.54) is 0 Å². The van der Waals surface area contributed by atoms with Gasteiger partial charge in [-0.25, -0.2) is 0 Å². The molecule has 0 saturated carbocycles.